The molecule has 77 valence electrons. The summed E-state index contributed by atoms with van der Waals surface area (Å²) in [5, 5.41) is 0.437. The highest BCUT2D eigenvalue weighted by molar-refractivity contribution is 5.83. The van der Waals surface area contributed by atoms with E-state index in [4.69, 9.17) is 0 Å². The zero-order valence-electron chi connectivity index (χ0n) is 7.67. The van der Waals surface area contributed by atoms with Gasteiger partial charge in [0.05, 0.1) is 11.1 Å². The van der Waals surface area contributed by atoms with Crippen molar-refractivity contribution in [1.82, 2.24) is 4.98 Å². The summed E-state index contributed by atoms with van der Waals surface area (Å²) < 4.78 is 37.2. The van der Waals surface area contributed by atoms with Gasteiger partial charge in [-0.1, -0.05) is 0 Å². The van der Waals surface area contributed by atoms with Gasteiger partial charge in [0.15, 0.2) is 0 Å². The van der Waals surface area contributed by atoms with E-state index in [1.54, 1.807) is 6.07 Å². The van der Waals surface area contributed by atoms with Gasteiger partial charge in [0.25, 0.3) is 0 Å². The highest BCUT2D eigenvalue weighted by Crippen LogP contribution is 2.31. The zero-order chi connectivity index (χ0) is 11.1. The van der Waals surface area contributed by atoms with E-state index < -0.39 is 11.7 Å². The summed E-state index contributed by atoms with van der Waals surface area (Å²) in [5.74, 6) is 0. The van der Waals surface area contributed by atoms with E-state index in [0.717, 1.165) is 12.1 Å². The average Bonchev–Trinajstić information content (AvgIpc) is 2.16. The minimum Gasteiger partial charge on any atom is -0.256 e. The van der Waals surface area contributed by atoms with Crippen LogP contribution >= 0.6 is 0 Å². The summed E-state index contributed by atoms with van der Waals surface area (Å²) in [5.41, 5.74) is 0.398. The van der Waals surface area contributed by atoms with Gasteiger partial charge in [-0.05, 0) is 36.8 Å². The van der Waals surface area contributed by atoms with E-state index in [2.05, 4.69) is 11.9 Å². The van der Waals surface area contributed by atoms with Crippen molar-refractivity contribution in [3.8, 4) is 0 Å². The predicted octanol–water partition coefficient (Wildman–Crippen LogP) is 3.44. The Labute approximate surface area is 84.6 Å². The van der Waals surface area contributed by atoms with Gasteiger partial charge < -0.3 is 0 Å². The van der Waals surface area contributed by atoms with Crippen LogP contribution in [0.15, 0.2) is 30.5 Å². The molecule has 0 aliphatic heterocycles. The molecule has 0 spiro atoms. The van der Waals surface area contributed by atoms with E-state index in [0.29, 0.717) is 16.5 Å². The van der Waals surface area contributed by atoms with Crippen LogP contribution in [0.1, 0.15) is 11.1 Å². The Morgan fingerprint density at radius 2 is 1.87 bits per heavy atom. The Morgan fingerprint density at radius 3 is 2.53 bits per heavy atom. The monoisotopic (exact) mass is 210 g/mol. The molecule has 0 N–H and O–H groups in total. The highest BCUT2D eigenvalue weighted by Gasteiger charge is 2.30. The number of fused-ring (bicyclic) bond motifs is 1. The Morgan fingerprint density at radius 1 is 1.13 bits per heavy atom. The summed E-state index contributed by atoms with van der Waals surface area (Å²) in [6.45, 7) is 3.66. The van der Waals surface area contributed by atoms with Gasteiger partial charge in [0.1, 0.15) is 0 Å². The molecule has 1 aromatic heterocycles. The molecule has 0 aliphatic carbocycles. The molecule has 2 rings (SSSR count). The van der Waals surface area contributed by atoms with Gasteiger partial charge in [-0.3, -0.25) is 4.98 Å². The molecule has 1 radical (unpaired) electrons. The largest absolute Gasteiger partial charge is 0.416 e. The first-order valence-corrected chi connectivity index (χ1v) is 4.26. The van der Waals surface area contributed by atoms with Crippen molar-refractivity contribution in [2.75, 3.05) is 0 Å². The minimum atomic E-state index is -4.32. The Kier molecular flexibility index (Phi) is 2.14. The quantitative estimate of drug-likeness (QED) is 0.649. The van der Waals surface area contributed by atoms with E-state index in [-0.39, 0.29) is 0 Å². The predicted molar refractivity (Wildman–Crippen MR) is 51.2 cm³/mol. The van der Waals surface area contributed by atoms with Crippen molar-refractivity contribution >= 4 is 10.9 Å². The fourth-order valence-corrected chi connectivity index (χ4v) is 1.38. The second-order valence-corrected chi connectivity index (χ2v) is 3.20. The number of benzene rings is 1. The molecule has 4 heteroatoms. The summed E-state index contributed by atoms with van der Waals surface area (Å²) >= 11 is 0. The molecule has 1 heterocycles. The molecular formula is C11H7F3N. The lowest BCUT2D eigenvalue weighted by molar-refractivity contribution is -0.137. The van der Waals surface area contributed by atoms with E-state index in [9.17, 15) is 13.2 Å². The molecule has 15 heavy (non-hydrogen) atoms. The van der Waals surface area contributed by atoms with Crippen LogP contribution in [0.25, 0.3) is 10.9 Å². The molecule has 0 fully saturated rings. The number of halogens is 3. The Hall–Kier alpha value is -1.58. The maximum Gasteiger partial charge on any atom is 0.416 e. The number of hydrogen-bond acceptors (Lipinski definition) is 1. The molecule has 0 saturated carbocycles. The van der Waals surface area contributed by atoms with Crippen molar-refractivity contribution in [3.05, 3.63) is 48.5 Å². The molecule has 0 amide bonds. The molecule has 0 unspecified atom stereocenters. The molecule has 2 aromatic rings. The van der Waals surface area contributed by atoms with Crippen LogP contribution in [-0.4, -0.2) is 4.98 Å². The normalized spacial score (nSPS) is 12.0. The van der Waals surface area contributed by atoms with Gasteiger partial charge in [0, 0.05) is 11.6 Å². The Balaban J connectivity index is 2.70. The fraction of sp³-hybridized carbons (Fsp3) is 0.0909. The van der Waals surface area contributed by atoms with Crippen molar-refractivity contribution < 1.29 is 13.2 Å². The minimum absolute atomic E-state index is 0.437. The first-order chi connectivity index (χ1) is 6.98. The molecule has 1 aromatic carbocycles. The third-order valence-corrected chi connectivity index (χ3v) is 2.16. The molecule has 0 aliphatic rings. The van der Waals surface area contributed by atoms with E-state index in [1.807, 2.05) is 0 Å². The summed E-state index contributed by atoms with van der Waals surface area (Å²) in [4.78, 5) is 3.96. The van der Waals surface area contributed by atoms with Crippen LogP contribution in [0, 0.1) is 6.92 Å². The maximum atomic E-state index is 12.4. The SMILES string of the molecule is [CH2]c1ccnc2ccc(C(F)(F)F)cc12. The molecule has 1 nitrogen and oxygen atoms in total. The van der Waals surface area contributed by atoms with Crippen molar-refractivity contribution in [2.45, 2.75) is 6.18 Å². The lowest BCUT2D eigenvalue weighted by Crippen LogP contribution is -2.04. The zero-order valence-corrected chi connectivity index (χ0v) is 7.67. The van der Waals surface area contributed by atoms with Crippen LogP contribution in [0.2, 0.25) is 0 Å². The van der Waals surface area contributed by atoms with Crippen molar-refractivity contribution in [2.24, 2.45) is 0 Å². The van der Waals surface area contributed by atoms with Gasteiger partial charge >= 0.3 is 6.18 Å². The van der Waals surface area contributed by atoms with Gasteiger partial charge in [-0.15, -0.1) is 0 Å². The van der Waals surface area contributed by atoms with Gasteiger partial charge in [-0.25, -0.2) is 0 Å². The molecule has 0 bridgehead atoms. The van der Waals surface area contributed by atoms with Crippen LogP contribution in [0.3, 0.4) is 0 Å². The van der Waals surface area contributed by atoms with Crippen LogP contribution in [0.4, 0.5) is 13.2 Å². The van der Waals surface area contributed by atoms with E-state index >= 15 is 0 Å². The second kappa shape index (κ2) is 3.22. The molecular weight excluding hydrogens is 203 g/mol. The smallest absolute Gasteiger partial charge is 0.256 e. The third kappa shape index (κ3) is 1.79. The topological polar surface area (TPSA) is 12.9 Å². The van der Waals surface area contributed by atoms with Gasteiger partial charge in [0.2, 0.25) is 0 Å². The Bertz CT molecular complexity index is 503. The van der Waals surface area contributed by atoms with Crippen LogP contribution < -0.4 is 0 Å². The van der Waals surface area contributed by atoms with Crippen molar-refractivity contribution in [3.63, 3.8) is 0 Å². The number of alkyl halides is 3. The fourth-order valence-electron chi connectivity index (χ4n) is 1.38. The number of aromatic nitrogens is 1. The van der Waals surface area contributed by atoms with E-state index in [1.165, 1.54) is 12.3 Å². The summed E-state index contributed by atoms with van der Waals surface area (Å²) in [6, 6.07) is 5.04. The standard InChI is InChI=1S/C11H7F3N/c1-7-4-5-15-10-3-2-8(6-9(7)10)11(12,13)14/h2-6H,1H2. The van der Waals surface area contributed by atoms with Crippen LogP contribution in [0.5, 0.6) is 0 Å². The van der Waals surface area contributed by atoms with Gasteiger partial charge in [-0.2, -0.15) is 13.2 Å². The third-order valence-electron chi connectivity index (χ3n) is 2.16. The summed E-state index contributed by atoms with van der Waals surface area (Å²) in [6.07, 6.45) is -2.80. The first kappa shape index (κ1) is 9.96. The lowest BCUT2D eigenvalue weighted by atomic mass is 10.1. The highest BCUT2D eigenvalue weighted by atomic mass is 19.4. The van der Waals surface area contributed by atoms with Crippen molar-refractivity contribution in [1.29, 1.82) is 0 Å². The second-order valence-electron chi connectivity index (χ2n) is 3.20. The number of rotatable bonds is 0. The molecule has 0 atom stereocenters. The number of pyridine rings is 1. The van der Waals surface area contributed by atoms with Crippen LogP contribution in [-0.2, 0) is 6.18 Å². The molecule has 0 saturated heterocycles. The number of hydrogen-bond donors (Lipinski definition) is 0. The first-order valence-electron chi connectivity index (χ1n) is 4.26. The summed E-state index contributed by atoms with van der Waals surface area (Å²) in [7, 11) is 0. The number of nitrogens with zero attached hydrogens (tertiary/aromatic N) is 1. The average molecular weight is 210 g/mol. The maximum absolute atomic E-state index is 12.4. The lowest BCUT2D eigenvalue weighted by Gasteiger charge is -2.08.